The number of carbonyl (C=O) groups is 1. The van der Waals surface area contributed by atoms with Gasteiger partial charge in [0.25, 0.3) is 0 Å². The second kappa shape index (κ2) is 3.56. The van der Waals surface area contributed by atoms with E-state index in [0.29, 0.717) is 5.57 Å². The summed E-state index contributed by atoms with van der Waals surface area (Å²) >= 11 is 0. The molecule has 11 heavy (non-hydrogen) atoms. The fraction of sp³-hybridized carbons (Fsp3) is 0.667. The third-order valence-corrected chi connectivity index (χ3v) is 1.45. The van der Waals surface area contributed by atoms with Crippen molar-refractivity contribution in [2.24, 2.45) is 5.41 Å². The van der Waals surface area contributed by atoms with Crippen molar-refractivity contribution in [3.05, 3.63) is 11.6 Å². The summed E-state index contributed by atoms with van der Waals surface area (Å²) in [4.78, 5) is 10.7. The second-order valence-corrected chi connectivity index (χ2v) is 3.58. The molecule has 0 spiro atoms. The molecule has 0 aliphatic carbocycles. The lowest BCUT2D eigenvalue weighted by Crippen LogP contribution is -2.17. The Morgan fingerprint density at radius 2 is 1.91 bits per heavy atom. The highest BCUT2D eigenvalue weighted by atomic mass is 16.4. The zero-order chi connectivity index (χ0) is 9.07. The Kier molecular flexibility index (Phi) is 3.30. The van der Waals surface area contributed by atoms with Crippen molar-refractivity contribution in [1.29, 1.82) is 0 Å². The Labute approximate surface area is 67.9 Å². The summed E-state index contributed by atoms with van der Waals surface area (Å²) in [5, 5.41) is 8.77. The summed E-state index contributed by atoms with van der Waals surface area (Å²) in [6.07, 6.45) is 2.54. The normalized spacial score (nSPS) is 13.3. The highest BCUT2D eigenvalue weighted by Gasteiger charge is 2.22. The van der Waals surface area contributed by atoms with E-state index in [-0.39, 0.29) is 5.41 Å². The molecule has 0 aliphatic heterocycles. The maximum absolute atomic E-state index is 10.7. The lowest BCUT2D eigenvalue weighted by atomic mass is 9.86. The average Bonchev–Trinajstić information content (AvgIpc) is 1.79. The van der Waals surface area contributed by atoms with Gasteiger partial charge in [0, 0.05) is 5.57 Å². The molecule has 64 valence electrons. The van der Waals surface area contributed by atoms with Crippen LogP contribution in [-0.4, -0.2) is 11.1 Å². The first-order chi connectivity index (χ1) is 4.89. The Morgan fingerprint density at radius 1 is 1.45 bits per heavy atom. The van der Waals surface area contributed by atoms with Crippen molar-refractivity contribution >= 4 is 5.97 Å². The van der Waals surface area contributed by atoms with E-state index in [1.54, 1.807) is 6.08 Å². The van der Waals surface area contributed by atoms with E-state index in [1.165, 1.54) is 0 Å². The van der Waals surface area contributed by atoms with Crippen LogP contribution < -0.4 is 0 Å². The fourth-order valence-electron chi connectivity index (χ4n) is 0.918. The molecule has 0 aromatic rings. The van der Waals surface area contributed by atoms with E-state index in [4.69, 9.17) is 5.11 Å². The highest BCUT2D eigenvalue weighted by Crippen LogP contribution is 2.25. The highest BCUT2D eigenvalue weighted by molar-refractivity contribution is 5.87. The topological polar surface area (TPSA) is 37.3 Å². The van der Waals surface area contributed by atoms with E-state index in [2.05, 4.69) is 0 Å². The van der Waals surface area contributed by atoms with Gasteiger partial charge in [-0.2, -0.15) is 0 Å². The van der Waals surface area contributed by atoms with Crippen LogP contribution in [0, 0.1) is 5.41 Å². The van der Waals surface area contributed by atoms with E-state index >= 15 is 0 Å². The van der Waals surface area contributed by atoms with Gasteiger partial charge in [0.2, 0.25) is 0 Å². The average molecular weight is 156 g/mol. The van der Waals surface area contributed by atoms with Gasteiger partial charge in [-0.05, 0) is 11.8 Å². The predicted octanol–water partition coefficient (Wildman–Crippen LogP) is 2.45. The Hall–Kier alpha value is -0.790. The summed E-state index contributed by atoms with van der Waals surface area (Å²) in [6.45, 7) is 7.66. The molecule has 0 amide bonds. The van der Waals surface area contributed by atoms with Crippen molar-refractivity contribution in [3.8, 4) is 0 Å². The summed E-state index contributed by atoms with van der Waals surface area (Å²) in [6, 6.07) is 0. The molecule has 0 saturated heterocycles. The Balaban J connectivity index is 4.63. The summed E-state index contributed by atoms with van der Waals surface area (Å²) in [5.41, 5.74) is 0.252. The van der Waals surface area contributed by atoms with Crippen LogP contribution in [0.4, 0.5) is 0 Å². The van der Waals surface area contributed by atoms with Gasteiger partial charge in [-0.3, -0.25) is 0 Å². The molecule has 0 aromatic heterocycles. The molecule has 0 saturated carbocycles. The Morgan fingerprint density at radius 3 is 2.00 bits per heavy atom. The molecule has 1 N–H and O–H groups in total. The molecule has 0 radical (unpaired) electrons. The van der Waals surface area contributed by atoms with Crippen LogP contribution in [0.2, 0.25) is 0 Å². The van der Waals surface area contributed by atoms with Crippen LogP contribution in [0.25, 0.3) is 0 Å². The minimum absolute atomic E-state index is 0.248. The van der Waals surface area contributed by atoms with Crippen LogP contribution in [0.3, 0.4) is 0 Å². The van der Waals surface area contributed by atoms with E-state index < -0.39 is 5.97 Å². The van der Waals surface area contributed by atoms with Crippen molar-refractivity contribution in [2.45, 2.75) is 34.1 Å². The zero-order valence-electron chi connectivity index (χ0n) is 7.64. The molecule has 0 rings (SSSR count). The molecular formula is C9H16O2. The Bertz CT molecular complexity index is 172. The van der Waals surface area contributed by atoms with Gasteiger partial charge in [0.1, 0.15) is 0 Å². The van der Waals surface area contributed by atoms with Crippen LogP contribution in [-0.2, 0) is 4.79 Å². The lowest BCUT2D eigenvalue weighted by molar-refractivity contribution is -0.133. The SMILES string of the molecule is CCC=C(C(=O)O)C(C)(C)C. The molecule has 0 unspecified atom stereocenters. The van der Waals surface area contributed by atoms with Crippen LogP contribution in [0.15, 0.2) is 11.6 Å². The zero-order valence-corrected chi connectivity index (χ0v) is 7.64. The molecule has 2 nitrogen and oxygen atoms in total. The molecular weight excluding hydrogens is 140 g/mol. The van der Waals surface area contributed by atoms with Crippen molar-refractivity contribution in [1.82, 2.24) is 0 Å². The number of allylic oxidation sites excluding steroid dienone is 1. The van der Waals surface area contributed by atoms with Crippen molar-refractivity contribution < 1.29 is 9.90 Å². The molecule has 0 fully saturated rings. The number of hydrogen-bond acceptors (Lipinski definition) is 1. The monoisotopic (exact) mass is 156 g/mol. The van der Waals surface area contributed by atoms with E-state index in [9.17, 15) is 4.79 Å². The largest absolute Gasteiger partial charge is 0.478 e. The van der Waals surface area contributed by atoms with Crippen molar-refractivity contribution in [3.63, 3.8) is 0 Å². The van der Waals surface area contributed by atoms with Crippen LogP contribution in [0.1, 0.15) is 34.1 Å². The fourth-order valence-corrected chi connectivity index (χ4v) is 0.918. The summed E-state index contributed by atoms with van der Waals surface area (Å²) in [5.74, 6) is -0.806. The first-order valence-electron chi connectivity index (χ1n) is 3.83. The first-order valence-corrected chi connectivity index (χ1v) is 3.83. The molecule has 0 aromatic carbocycles. The number of carboxylic acids is 1. The third kappa shape index (κ3) is 3.21. The minimum atomic E-state index is -0.806. The quantitative estimate of drug-likeness (QED) is 0.623. The smallest absolute Gasteiger partial charge is 0.331 e. The van der Waals surface area contributed by atoms with Gasteiger partial charge in [0.15, 0.2) is 0 Å². The number of aliphatic carboxylic acids is 1. The maximum atomic E-state index is 10.7. The van der Waals surface area contributed by atoms with Crippen molar-refractivity contribution in [2.75, 3.05) is 0 Å². The number of hydrogen-bond donors (Lipinski definition) is 1. The summed E-state index contributed by atoms with van der Waals surface area (Å²) < 4.78 is 0. The third-order valence-electron chi connectivity index (χ3n) is 1.45. The minimum Gasteiger partial charge on any atom is -0.478 e. The molecule has 2 heteroatoms. The standard InChI is InChI=1S/C9H16O2/c1-5-6-7(8(10)11)9(2,3)4/h6H,5H2,1-4H3,(H,10,11). The molecule has 0 heterocycles. The molecule has 0 atom stereocenters. The van der Waals surface area contributed by atoms with Crippen LogP contribution >= 0.6 is 0 Å². The van der Waals surface area contributed by atoms with Gasteiger partial charge in [0.05, 0.1) is 0 Å². The van der Waals surface area contributed by atoms with Crippen LogP contribution in [0.5, 0.6) is 0 Å². The number of rotatable bonds is 2. The van der Waals surface area contributed by atoms with Gasteiger partial charge in [-0.1, -0.05) is 33.8 Å². The summed E-state index contributed by atoms with van der Waals surface area (Å²) in [7, 11) is 0. The predicted molar refractivity (Wildman–Crippen MR) is 45.5 cm³/mol. The number of carboxylic acid groups (broad SMARTS) is 1. The second-order valence-electron chi connectivity index (χ2n) is 3.58. The van der Waals surface area contributed by atoms with Gasteiger partial charge < -0.3 is 5.11 Å². The van der Waals surface area contributed by atoms with Gasteiger partial charge in [-0.15, -0.1) is 0 Å². The van der Waals surface area contributed by atoms with E-state index in [1.807, 2.05) is 27.7 Å². The molecule has 0 bridgehead atoms. The van der Waals surface area contributed by atoms with Gasteiger partial charge >= 0.3 is 5.97 Å². The van der Waals surface area contributed by atoms with Gasteiger partial charge in [-0.25, -0.2) is 4.79 Å². The van der Waals surface area contributed by atoms with E-state index in [0.717, 1.165) is 6.42 Å². The lowest BCUT2D eigenvalue weighted by Gasteiger charge is -2.18. The maximum Gasteiger partial charge on any atom is 0.331 e. The molecule has 0 aliphatic rings. The first kappa shape index (κ1) is 10.2.